The fourth-order valence-electron chi connectivity index (χ4n) is 1.32. The van der Waals surface area contributed by atoms with Crippen LogP contribution in [-0.2, 0) is 9.36 Å². The Morgan fingerprint density at radius 2 is 2.00 bits per heavy atom. The first kappa shape index (κ1) is 10.7. The molecule has 1 aliphatic heterocycles. The number of carbonyl (C=O) groups is 1. The van der Waals surface area contributed by atoms with Crippen LogP contribution in [0, 0.1) is 0 Å². The van der Waals surface area contributed by atoms with Gasteiger partial charge in [-0.1, -0.05) is 6.42 Å². The molecular formula is C6H12NO5P. The average Bonchev–Trinajstić information content (AvgIpc) is 2.14. The van der Waals surface area contributed by atoms with Crippen LogP contribution < -0.4 is 0 Å². The third-order valence-electron chi connectivity index (χ3n) is 2.04. The lowest BCUT2D eigenvalue weighted by Crippen LogP contribution is -2.35. The van der Waals surface area contributed by atoms with Gasteiger partial charge in [0.25, 0.3) is 5.91 Å². The van der Waals surface area contributed by atoms with Crippen LogP contribution in [0.1, 0.15) is 19.3 Å². The molecule has 0 bridgehead atoms. The Hall–Kier alpha value is -0.420. The Bertz CT molecular complexity index is 249. The molecule has 0 unspecified atom stereocenters. The molecule has 13 heavy (non-hydrogen) atoms. The number of hydrogen-bond donors (Lipinski definition) is 3. The molecule has 6 nitrogen and oxygen atoms in total. The Morgan fingerprint density at radius 3 is 2.54 bits per heavy atom. The van der Waals surface area contributed by atoms with Crippen LogP contribution in [0.3, 0.4) is 0 Å². The Labute approximate surface area is 75.3 Å². The fraction of sp³-hybridized carbons (Fsp3) is 0.833. The second kappa shape index (κ2) is 3.75. The summed E-state index contributed by atoms with van der Waals surface area (Å²) in [6.07, 6.45) is 1.25. The van der Waals surface area contributed by atoms with Gasteiger partial charge in [-0.25, -0.2) is 5.06 Å². The summed E-state index contributed by atoms with van der Waals surface area (Å²) in [6.45, 7) is 0.148. The molecule has 0 aliphatic carbocycles. The van der Waals surface area contributed by atoms with E-state index >= 15 is 0 Å². The van der Waals surface area contributed by atoms with E-state index in [4.69, 9.17) is 15.0 Å². The molecule has 3 N–H and O–H groups in total. The van der Waals surface area contributed by atoms with Gasteiger partial charge in [0.15, 0.2) is 0 Å². The molecule has 0 aromatic heterocycles. The Morgan fingerprint density at radius 1 is 1.38 bits per heavy atom. The van der Waals surface area contributed by atoms with E-state index in [9.17, 15) is 9.36 Å². The molecule has 76 valence electrons. The van der Waals surface area contributed by atoms with Gasteiger partial charge < -0.3 is 9.79 Å². The second-order valence-electron chi connectivity index (χ2n) is 3.06. The summed E-state index contributed by atoms with van der Waals surface area (Å²) in [7, 11) is -4.41. The minimum atomic E-state index is -4.41. The minimum absolute atomic E-state index is 0.139. The summed E-state index contributed by atoms with van der Waals surface area (Å²) in [6, 6.07) is 0. The maximum atomic E-state index is 11.2. The molecule has 0 aromatic rings. The van der Waals surface area contributed by atoms with Crippen LogP contribution in [0.25, 0.3) is 0 Å². The molecule has 1 aliphatic rings. The van der Waals surface area contributed by atoms with E-state index in [0.29, 0.717) is 17.9 Å². The van der Waals surface area contributed by atoms with E-state index in [1.807, 2.05) is 0 Å². The average molecular weight is 209 g/mol. The smallest absolute Gasteiger partial charge is 0.324 e. The van der Waals surface area contributed by atoms with E-state index in [-0.39, 0.29) is 13.0 Å². The van der Waals surface area contributed by atoms with Gasteiger partial charge in [0, 0.05) is 6.54 Å². The fourth-order valence-corrected chi connectivity index (χ4v) is 2.26. The van der Waals surface area contributed by atoms with Crippen LogP contribution in [0.5, 0.6) is 0 Å². The lowest BCUT2D eigenvalue weighted by molar-refractivity contribution is -0.163. The molecule has 7 heteroatoms. The zero-order valence-corrected chi connectivity index (χ0v) is 7.85. The van der Waals surface area contributed by atoms with Crippen LogP contribution in [0.4, 0.5) is 0 Å². The van der Waals surface area contributed by atoms with Gasteiger partial charge in [-0.3, -0.25) is 14.6 Å². The van der Waals surface area contributed by atoms with Crippen molar-refractivity contribution >= 4 is 13.5 Å². The lowest BCUT2D eigenvalue weighted by Gasteiger charge is -2.18. The molecule has 0 aromatic carbocycles. The first-order valence-corrected chi connectivity index (χ1v) is 5.66. The number of rotatable bonds is 1. The van der Waals surface area contributed by atoms with Gasteiger partial charge in [-0.15, -0.1) is 0 Å². The quantitative estimate of drug-likeness (QED) is 0.415. The highest BCUT2D eigenvalue weighted by atomic mass is 31.2. The Balaban J connectivity index is 2.83. The van der Waals surface area contributed by atoms with Crippen molar-refractivity contribution in [3.8, 4) is 0 Å². The highest BCUT2D eigenvalue weighted by Crippen LogP contribution is 2.45. The van der Waals surface area contributed by atoms with Gasteiger partial charge in [0.1, 0.15) is 5.66 Å². The van der Waals surface area contributed by atoms with Crippen molar-refractivity contribution in [3.63, 3.8) is 0 Å². The van der Waals surface area contributed by atoms with Gasteiger partial charge in [0.2, 0.25) is 0 Å². The standard InChI is InChI=1S/C6H12NO5P/c8-6-5(13(10,11)12)3-1-2-4-7(6)9/h5,9H,1-4H2,(H2,10,11,12)/t5-/m0/s1. The predicted octanol–water partition coefficient (Wildman–Crippen LogP) is -0.0656. The van der Waals surface area contributed by atoms with Crippen LogP contribution in [-0.4, -0.2) is 38.2 Å². The van der Waals surface area contributed by atoms with Crippen LogP contribution in [0.15, 0.2) is 0 Å². The SMILES string of the molecule is O=C1[C@@H](P(=O)(O)O)CCCCN1O. The molecule has 0 radical (unpaired) electrons. The summed E-state index contributed by atoms with van der Waals surface area (Å²) in [4.78, 5) is 28.8. The van der Waals surface area contributed by atoms with Crippen molar-refractivity contribution in [2.24, 2.45) is 0 Å². The highest BCUT2D eigenvalue weighted by molar-refractivity contribution is 7.53. The van der Waals surface area contributed by atoms with E-state index in [0.717, 1.165) is 0 Å². The number of amides is 1. The summed E-state index contributed by atoms with van der Waals surface area (Å²) in [5, 5.41) is 9.43. The molecule has 1 fully saturated rings. The third kappa shape index (κ3) is 2.51. The van der Waals surface area contributed by atoms with Gasteiger partial charge in [-0.05, 0) is 12.8 Å². The van der Waals surface area contributed by atoms with E-state index in [1.54, 1.807) is 0 Å². The number of hydroxylamine groups is 2. The van der Waals surface area contributed by atoms with Gasteiger partial charge in [-0.2, -0.15) is 0 Å². The summed E-state index contributed by atoms with van der Waals surface area (Å²) >= 11 is 0. The first-order valence-electron chi connectivity index (χ1n) is 3.98. The summed E-state index contributed by atoms with van der Waals surface area (Å²) in [5.74, 6) is -0.870. The molecule has 1 saturated heterocycles. The van der Waals surface area contributed by atoms with Crippen molar-refractivity contribution in [2.45, 2.75) is 24.9 Å². The maximum absolute atomic E-state index is 11.2. The molecule has 0 saturated carbocycles. The zero-order valence-electron chi connectivity index (χ0n) is 6.96. The minimum Gasteiger partial charge on any atom is -0.324 e. The predicted molar refractivity (Wildman–Crippen MR) is 43.2 cm³/mol. The highest BCUT2D eigenvalue weighted by Gasteiger charge is 2.39. The second-order valence-corrected chi connectivity index (χ2v) is 4.86. The van der Waals surface area contributed by atoms with E-state index in [1.165, 1.54) is 0 Å². The normalized spacial score (nSPS) is 25.9. The Kier molecular flexibility index (Phi) is 3.08. The van der Waals surface area contributed by atoms with E-state index in [2.05, 4.69) is 0 Å². The van der Waals surface area contributed by atoms with Gasteiger partial charge >= 0.3 is 7.60 Å². The van der Waals surface area contributed by atoms with E-state index < -0.39 is 19.2 Å². The lowest BCUT2D eigenvalue weighted by atomic mass is 10.2. The number of hydrogen-bond acceptors (Lipinski definition) is 3. The van der Waals surface area contributed by atoms with Crippen LogP contribution in [0.2, 0.25) is 0 Å². The van der Waals surface area contributed by atoms with Crippen molar-refractivity contribution in [1.29, 1.82) is 0 Å². The topological polar surface area (TPSA) is 98.1 Å². The number of nitrogens with zero attached hydrogens (tertiary/aromatic N) is 1. The summed E-state index contributed by atoms with van der Waals surface area (Å²) < 4.78 is 10.8. The monoisotopic (exact) mass is 209 g/mol. The molecule has 0 spiro atoms. The van der Waals surface area contributed by atoms with Crippen molar-refractivity contribution in [2.75, 3.05) is 6.54 Å². The number of carbonyl (C=O) groups excluding carboxylic acids is 1. The third-order valence-corrected chi connectivity index (χ3v) is 3.33. The van der Waals surface area contributed by atoms with Crippen molar-refractivity contribution in [3.05, 3.63) is 0 Å². The molecule has 1 amide bonds. The molecular weight excluding hydrogens is 197 g/mol. The van der Waals surface area contributed by atoms with Crippen molar-refractivity contribution in [1.82, 2.24) is 5.06 Å². The zero-order chi connectivity index (χ0) is 10.1. The first-order chi connectivity index (χ1) is 5.93. The van der Waals surface area contributed by atoms with Crippen LogP contribution >= 0.6 is 7.60 Å². The molecule has 1 rings (SSSR count). The largest absolute Gasteiger partial charge is 0.338 e. The molecule has 1 heterocycles. The summed E-state index contributed by atoms with van der Waals surface area (Å²) in [5.41, 5.74) is -1.36. The van der Waals surface area contributed by atoms with Crippen molar-refractivity contribution < 1.29 is 24.4 Å². The molecule has 1 atom stereocenters. The van der Waals surface area contributed by atoms with Gasteiger partial charge in [0.05, 0.1) is 0 Å². The maximum Gasteiger partial charge on any atom is 0.338 e.